The Morgan fingerprint density at radius 3 is 2.50 bits per heavy atom. The molecule has 0 atom stereocenters. The average Bonchev–Trinajstić information content (AvgIpc) is 3.29. The van der Waals surface area contributed by atoms with Gasteiger partial charge in [0, 0.05) is 5.56 Å². The molecule has 0 aliphatic heterocycles. The van der Waals surface area contributed by atoms with Crippen LogP contribution in [0.1, 0.15) is 48.2 Å². The fraction of sp³-hybridized carbons (Fsp3) is 0.346. The summed E-state index contributed by atoms with van der Waals surface area (Å²) in [7, 11) is 0. The zero-order chi connectivity index (χ0) is 22.1. The highest BCUT2D eigenvalue weighted by molar-refractivity contribution is 5.92. The summed E-state index contributed by atoms with van der Waals surface area (Å²) in [6.07, 6.45) is 7.01. The van der Waals surface area contributed by atoms with Crippen LogP contribution in [0.2, 0.25) is 0 Å². The number of halogens is 2. The third kappa shape index (κ3) is 4.40. The van der Waals surface area contributed by atoms with Crippen molar-refractivity contribution in [1.82, 2.24) is 9.97 Å². The number of rotatable bonds is 5. The molecule has 1 saturated carbocycles. The van der Waals surface area contributed by atoms with E-state index in [1.165, 1.54) is 31.0 Å². The van der Waals surface area contributed by atoms with Gasteiger partial charge in [-0.2, -0.15) is 0 Å². The molecule has 2 aliphatic rings. The highest BCUT2D eigenvalue weighted by atomic mass is 19.1. The first-order chi connectivity index (χ1) is 15.5. The van der Waals surface area contributed by atoms with Crippen LogP contribution in [0.15, 0.2) is 42.5 Å². The number of aromatic nitrogens is 2. The van der Waals surface area contributed by atoms with Crippen molar-refractivity contribution in [2.75, 3.05) is 5.32 Å². The number of benzene rings is 2. The molecule has 1 heterocycles. The zero-order valence-corrected chi connectivity index (χ0v) is 17.8. The molecule has 0 unspecified atom stereocenters. The average molecular weight is 434 g/mol. The van der Waals surface area contributed by atoms with Gasteiger partial charge in [0.2, 0.25) is 5.91 Å². The maximum absolute atomic E-state index is 13.7. The van der Waals surface area contributed by atoms with Crippen LogP contribution in [0, 0.1) is 17.6 Å². The lowest BCUT2D eigenvalue weighted by Gasteiger charge is -2.22. The van der Waals surface area contributed by atoms with Gasteiger partial charge >= 0.3 is 0 Å². The minimum atomic E-state index is -0.325. The minimum Gasteiger partial charge on any atom is -0.309 e. The number of nitrogens with zero attached hydrogens (tertiary/aromatic N) is 2. The molecule has 0 radical (unpaired) electrons. The lowest BCUT2D eigenvalue weighted by molar-refractivity contribution is -0.115. The lowest BCUT2D eigenvalue weighted by atomic mass is 9.91. The molecule has 1 fully saturated rings. The second-order valence-electron chi connectivity index (χ2n) is 8.82. The van der Waals surface area contributed by atoms with Crippen molar-refractivity contribution in [3.63, 3.8) is 0 Å². The van der Waals surface area contributed by atoms with Crippen molar-refractivity contribution in [1.29, 1.82) is 0 Å². The van der Waals surface area contributed by atoms with E-state index < -0.39 is 0 Å². The summed E-state index contributed by atoms with van der Waals surface area (Å²) >= 11 is 0. The van der Waals surface area contributed by atoms with Crippen LogP contribution in [0.25, 0.3) is 11.3 Å². The number of hydrogen-bond donors (Lipinski definition) is 1. The summed E-state index contributed by atoms with van der Waals surface area (Å²) in [5, 5.41) is 2.96. The van der Waals surface area contributed by atoms with Crippen LogP contribution in [0.3, 0.4) is 0 Å². The number of amides is 1. The second kappa shape index (κ2) is 8.77. The maximum atomic E-state index is 13.7. The number of hydrogen-bond acceptors (Lipinski definition) is 3. The van der Waals surface area contributed by atoms with E-state index in [-0.39, 0.29) is 24.0 Å². The molecule has 32 heavy (non-hydrogen) atoms. The summed E-state index contributed by atoms with van der Waals surface area (Å²) in [4.78, 5) is 22.5. The Hall–Kier alpha value is -3.15. The first-order valence-electron chi connectivity index (χ1n) is 11.3. The van der Waals surface area contributed by atoms with Gasteiger partial charge in [0.25, 0.3) is 0 Å². The summed E-state index contributed by atoms with van der Waals surface area (Å²) in [5.74, 6) is 0.293. The van der Waals surface area contributed by atoms with E-state index >= 15 is 0 Å². The predicted molar refractivity (Wildman–Crippen MR) is 119 cm³/mol. The molecular formula is C26H25F2N3O. The first kappa shape index (κ1) is 20.7. The molecular weight excluding hydrogens is 408 g/mol. The Labute approximate surface area is 186 Å². The van der Waals surface area contributed by atoms with Crippen LogP contribution < -0.4 is 5.32 Å². The van der Waals surface area contributed by atoms with Crippen LogP contribution in [-0.2, 0) is 30.5 Å². The summed E-state index contributed by atoms with van der Waals surface area (Å²) in [5.41, 5.74) is 5.04. The highest BCUT2D eigenvalue weighted by Crippen LogP contribution is 2.35. The lowest BCUT2D eigenvalue weighted by Crippen LogP contribution is -2.20. The van der Waals surface area contributed by atoms with Crippen molar-refractivity contribution < 1.29 is 13.6 Å². The SMILES string of the molecule is O=C(Cc1ccc(F)cc1)Nc1nc2c(nc1CC1CCCC1)-c1ccc(F)cc1CC2. The Balaban J connectivity index is 1.46. The van der Waals surface area contributed by atoms with Crippen molar-refractivity contribution in [2.24, 2.45) is 5.92 Å². The first-order valence-corrected chi connectivity index (χ1v) is 11.3. The fourth-order valence-corrected chi connectivity index (χ4v) is 4.84. The van der Waals surface area contributed by atoms with Gasteiger partial charge in [0.1, 0.15) is 11.6 Å². The van der Waals surface area contributed by atoms with Gasteiger partial charge in [0.05, 0.1) is 23.5 Å². The monoisotopic (exact) mass is 433 g/mol. The molecule has 6 heteroatoms. The number of carbonyl (C=O) groups is 1. The molecule has 1 amide bonds. The quantitative estimate of drug-likeness (QED) is 0.583. The van der Waals surface area contributed by atoms with Crippen LogP contribution in [-0.4, -0.2) is 15.9 Å². The smallest absolute Gasteiger partial charge is 0.229 e. The normalized spacial score (nSPS) is 15.3. The molecule has 2 aliphatic carbocycles. The fourth-order valence-electron chi connectivity index (χ4n) is 4.84. The number of nitrogens with one attached hydrogen (secondary N) is 1. The predicted octanol–water partition coefficient (Wildman–Crippen LogP) is 5.43. The van der Waals surface area contributed by atoms with E-state index in [1.54, 1.807) is 24.3 Å². The van der Waals surface area contributed by atoms with E-state index in [0.717, 1.165) is 53.0 Å². The van der Waals surface area contributed by atoms with Crippen molar-refractivity contribution >= 4 is 11.7 Å². The van der Waals surface area contributed by atoms with E-state index in [0.29, 0.717) is 24.6 Å². The molecule has 0 saturated heterocycles. The number of carbonyl (C=O) groups excluding carboxylic acids is 1. The van der Waals surface area contributed by atoms with E-state index in [1.807, 2.05) is 0 Å². The largest absolute Gasteiger partial charge is 0.309 e. The molecule has 1 aromatic heterocycles. The number of aryl methyl sites for hydroxylation is 2. The molecule has 0 bridgehead atoms. The summed E-state index contributed by atoms with van der Waals surface area (Å²) < 4.78 is 26.9. The summed E-state index contributed by atoms with van der Waals surface area (Å²) in [6, 6.07) is 10.8. The Morgan fingerprint density at radius 1 is 0.969 bits per heavy atom. The van der Waals surface area contributed by atoms with Crippen LogP contribution in [0.4, 0.5) is 14.6 Å². The van der Waals surface area contributed by atoms with E-state index in [9.17, 15) is 13.6 Å². The highest BCUT2D eigenvalue weighted by Gasteiger charge is 2.25. The van der Waals surface area contributed by atoms with Crippen LogP contribution >= 0.6 is 0 Å². The topological polar surface area (TPSA) is 54.9 Å². The number of fused-ring (bicyclic) bond motifs is 3. The van der Waals surface area contributed by atoms with Gasteiger partial charge in [-0.15, -0.1) is 0 Å². The third-order valence-electron chi connectivity index (χ3n) is 6.49. The Morgan fingerprint density at radius 2 is 1.72 bits per heavy atom. The van der Waals surface area contributed by atoms with Gasteiger partial charge in [-0.1, -0.05) is 37.8 Å². The van der Waals surface area contributed by atoms with Crippen LogP contribution in [0.5, 0.6) is 0 Å². The second-order valence-corrected chi connectivity index (χ2v) is 8.82. The molecule has 4 nitrogen and oxygen atoms in total. The van der Waals surface area contributed by atoms with E-state index in [4.69, 9.17) is 9.97 Å². The molecule has 0 spiro atoms. The molecule has 1 N–H and O–H groups in total. The van der Waals surface area contributed by atoms with E-state index in [2.05, 4.69) is 5.32 Å². The Kier molecular flexibility index (Phi) is 5.68. The minimum absolute atomic E-state index is 0.143. The Bertz CT molecular complexity index is 1150. The van der Waals surface area contributed by atoms with Gasteiger partial charge in [-0.25, -0.2) is 18.7 Å². The van der Waals surface area contributed by atoms with Gasteiger partial charge in [0.15, 0.2) is 5.82 Å². The van der Waals surface area contributed by atoms with Gasteiger partial charge in [-0.3, -0.25) is 4.79 Å². The van der Waals surface area contributed by atoms with Crippen molar-refractivity contribution in [2.45, 2.75) is 51.4 Å². The maximum Gasteiger partial charge on any atom is 0.229 e. The molecule has 3 aromatic rings. The van der Waals surface area contributed by atoms with Gasteiger partial charge in [-0.05, 0) is 66.6 Å². The van der Waals surface area contributed by atoms with Crippen molar-refractivity contribution in [3.8, 4) is 11.3 Å². The third-order valence-corrected chi connectivity index (χ3v) is 6.49. The van der Waals surface area contributed by atoms with Gasteiger partial charge < -0.3 is 5.32 Å². The molecule has 164 valence electrons. The molecule has 2 aromatic carbocycles. The van der Waals surface area contributed by atoms with Crippen molar-refractivity contribution in [3.05, 3.63) is 76.6 Å². The standard InChI is InChI=1S/C26H25F2N3O/c27-19-8-5-17(6-9-19)14-24(32)31-26-23(13-16-3-1-2-4-16)29-25-21-11-10-20(28)15-18(21)7-12-22(25)30-26/h5-6,8-11,15-16H,1-4,7,12-14H2,(H,30,31,32). The zero-order valence-electron chi connectivity index (χ0n) is 17.8. The number of anilines is 1. The molecule has 5 rings (SSSR count). The summed E-state index contributed by atoms with van der Waals surface area (Å²) in [6.45, 7) is 0.